The molecular formula is C20H16ClN3O3S. The van der Waals surface area contributed by atoms with Gasteiger partial charge in [0.05, 0.1) is 5.69 Å². The highest BCUT2D eigenvalue weighted by Crippen LogP contribution is 2.24. The van der Waals surface area contributed by atoms with Crippen LogP contribution in [0.3, 0.4) is 0 Å². The normalized spacial score (nSPS) is 10.3. The summed E-state index contributed by atoms with van der Waals surface area (Å²) in [5.74, 6) is -0.930. The SMILES string of the molecule is O=C(CCC(=O)Nc1ccc(Cl)cc1C(=O)c1ccccc1)Nc1nccs1. The standard InChI is InChI=1S/C20H16ClN3O3S/c21-14-6-7-16(15(12-14)19(27)13-4-2-1-3-5-13)23-17(25)8-9-18(26)24-20-22-10-11-28-20/h1-7,10-12H,8-9H2,(H,23,25)(H,22,24,26). The van der Waals surface area contributed by atoms with Crippen LogP contribution < -0.4 is 10.6 Å². The molecule has 0 spiro atoms. The molecule has 28 heavy (non-hydrogen) atoms. The number of hydrogen-bond donors (Lipinski definition) is 2. The average molecular weight is 414 g/mol. The Morgan fingerprint density at radius 1 is 0.964 bits per heavy atom. The van der Waals surface area contributed by atoms with Gasteiger partial charge in [0.1, 0.15) is 0 Å². The van der Waals surface area contributed by atoms with E-state index in [0.717, 1.165) is 0 Å². The number of thiazole rings is 1. The number of nitrogens with one attached hydrogen (secondary N) is 2. The van der Waals surface area contributed by atoms with Crippen LogP contribution in [0.5, 0.6) is 0 Å². The van der Waals surface area contributed by atoms with E-state index in [0.29, 0.717) is 27.0 Å². The number of halogens is 1. The highest BCUT2D eigenvalue weighted by molar-refractivity contribution is 7.13. The minimum absolute atomic E-state index is 0.000960. The van der Waals surface area contributed by atoms with Gasteiger partial charge in [0.2, 0.25) is 11.8 Å². The molecule has 0 saturated heterocycles. The number of carbonyl (C=O) groups is 3. The molecule has 0 atom stereocenters. The van der Waals surface area contributed by atoms with Crippen molar-refractivity contribution in [3.05, 3.63) is 76.3 Å². The van der Waals surface area contributed by atoms with Crippen LogP contribution in [0, 0.1) is 0 Å². The van der Waals surface area contributed by atoms with E-state index in [2.05, 4.69) is 15.6 Å². The number of amides is 2. The molecule has 0 aliphatic carbocycles. The number of ketones is 1. The number of nitrogens with zero attached hydrogens (tertiary/aromatic N) is 1. The van der Waals surface area contributed by atoms with Crippen molar-refractivity contribution in [3.8, 4) is 0 Å². The van der Waals surface area contributed by atoms with Gasteiger partial charge in [-0.3, -0.25) is 14.4 Å². The average Bonchev–Trinajstić information content (AvgIpc) is 3.21. The van der Waals surface area contributed by atoms with Crippen molar-refractivity contribution in [1.29, 1.82) is 0 Å². The number of carbonyl (C=O) groups excluding carboxylic acids is 3. The van der Waals surface area contributed by atoms with E-state index in [1.54, 1.807) is 48.0 Å². The van der Waals surface area contributed by atoms with E-state index in [1.165, 1.54) is 17.4 Å². The summed E-state index contributed by atoms with van der Waals surface area (Å²) in [5, 5.41) is 7.93. The summed E-state index contributed by atoms with van der Waals surface area (Å²) in [6.07, 6.45) is 1.55. The molecule has 2 N–H and O–H groups in total. The second-order valence-electron chi connectivity index (χ2n) is 5.82. The van der Waals surface area contributed by atoms with Gasteiger partial charge in [-0.2, -0.15) is 0 Å². The lowest BCUT2D eigenvalue weighted by molar-refractivity contribution is -0.121. The van der Waals surface area contributed by atoms with Gasteiger partial charge in [0, 0.05) is 40.6 Å². The fourth-order valence-electron chi connectivity index (χ4n) is 2.47. The first-order valence-corrected chi connectivity index (χ1v) is 9.67. The quantitative estimate of drug-likeness (QED) is 0.562. The lowest BCUT2D eigenvalue weighted by atomic mass is 10.0. The highest BCUT2D eigenvalue weighted by Gasteiger charge is 2.16. The summed E-state index contributed by atoms with van der Waals surface area (Å²) >= 11 is 7.33. The zero-order chi connectivity index (χ0) is 19.9. The molecule has 0 aliphatic rings. The Morgan fingerprint density at radius 2 is 1.68 bits per heavy atom. The maximum atomic E-state index is 12.8. The van der Waals surface area contributed by atoms with Crippen molar-refractivity contribution in [3.63, 3.8) is 0 Å². The van der Waals surface area contributed by atoms with E-state index in [1.807, 2.05) is 6.07 Å². The fraction of sp³-hybridized carbons (Fsp3) is 0.100. The predicted octanol–water partition coefficient (Wildman–Crippen LogP) is 4.38. The van der Waals surface area contributed by atoms with Gasteiger partial charge in [-0.05, 0) is 18.2 Å². The van der Waals surface area contributed by atoms with Crippen LogP contribution in [0.15, 0.2) is 60.1 Å². The van der Waals surface area contributed by atoms with Gasteiger partial charge in [0.15, 0.2) is 10.9 Å². The second-order valence-corrected chi connectivity index (χ2v) is 7.15. The van der Waals surface area contributed by atoms with E-state index in [-0.39, 0.29) is 30.4 Å². The van der Waals surface area contributed by atoms with Crippen LogP contribution in [-0.2, 0) is 9.59 Å². The Kier molecular flexibility index (Phi) is 6.52. The van der Waals surface area contributed by atoms with Crippen LogP contribution in [0.2, 0.25) is 5.02 Å². The number of rotatable bonds is 7. The summed E-state index contributed by atoms with van der Waals surface area (Å²) in [7, 11) is 0. The molecule has 6 nitrogen and oxygen atoms in total. The van der Waals surface area contributed by atoms with Crippen molar-refractivity contribution >= 4 is 51.4 Å². The molecule has 0 fully saturated rings. The zero-order valence-electron chi connectivity index (χ0n) is 14.6. The Labute approximate surface area is 170 Å². The van der Waals surface area contributed by atoms with Gasteiger partial charge < -0.3 is 10.6 Å². The largest absolute Gasteiger partial charge is 0.325 e. The van der Waals surface area contributed by atoms with Gasteiger partial charge in [-0.25, -0.2) is 4.98 Å². The third kappa shape index (κ3) is 5.25. The van der Waals surface area contributed by atoms with Gasteiger partial charge in [-0.1, -0.05) is 41.9 Å². The van der Waals surface area contributed by atoms with Crippen LogP contribution in [0.4, 0.5) is 10.8 Å². The fourth-order valence-corrected chi connectivity index (χ4v) is 3.18. The Balaban J connectivity index is 1.65. The minimum Gasteiger partial charge on any atom is -0.325 e. The first-order valence-electron chi connectivity index (χ1n) is 8.41. The molecule has 142 valence electrons. The third-order valence-corrected chi connectivity index (χ3v) is 4.72. The lowest BCUT2D eigenvalue weighted by Crippen LogP contribution is -2.18. The molecule has 0 radical (unpaired) electrons. The Hall–Kier alpha value is -3.03. The molecule has 2 amide bonds. The molecule has 1 heterocycles. The summed E-state index contributed by atoms with van der Waals surface area (Å²) in [6.45, 7) is 0. The zero-order valence-corrected chi connectivity index (χ0v) is 16.2. The monoisotopic (exact) mass is 413 g/mol. The smallest absolute Gasteiger partial charge is 0.226 e. The number of hydrogen-bond acceptors (Lipinski definition) is 5. The summed E-state index contributed by atoms with van der Waals surface area (Å²) in [4.78, 5) is 40.9. The highest BCUT2D eigenvalue weighted by atomic mass is 35.5. The number of aromatic nitrogens is 1. The van der Waals surface area contributed by atoms with Crippen LogP contribution >= 0.6 is 22.9 Å². The molecule has 1 aromatic heterocycles. The lowest BCUT2D eigenvalue weighted by Gasteiger charge is -2.11. The summed E-state index contributed by atoms with van der Waals surface area (Å²) < 4.78 is 0. The first-order chi connectivity index (χ1) is 13.5. The van der Waals surface area contributed by atoms with Crippen molar-refractivity contribution in [1.82, 2.24) is 4.98 Å². The molecule has 8 heteroatoms. The maximum absolute atomic E-state index is 12.8. The van der Waals surface area contributed by atoms with Gasteiger partial charge >= 0.3 is 0 Å². The van der Waals surface area contributed by atoms with Crippen molar-refractivity contribution < 1.29 is 14.4 Å². The molecule has 3 rings (SSSR count). The Bertz CT molecular complexity index is 991. The van der Waals surface area contributed by atoms with Crippen LogP contribution in [-0.4, -0.2) is 22.6 Å². The van der Waals surface area contributed by atoms with Crippen molar-refractivity contribution in [2.75, 3.05) is 10.6 Å². The predicted molar refractivity (Wildman–Crippen MR) is 110 cm³/mol. The summed E-state index contributed by atoms with van der Waals surface area (Å²) in [6, 6.07) is 13.4. The van der Waals surface area contributed by atoms with Crippen molar-refractivity contribution in [2.45, 2.75) is 12.8 Å². The van der Waals surface area contributed by atoms with Crippen molar-refractivity contribution in [2.24, 2.45) is 0 Å². The minimum atomic E-state index is -0.376. The van der Waals surface area contributed by atoms with E-state index in [4.69, 9.17) is 11.6 Å². The molecule has 0 saturated carbocycles. The van der Waals surface area contributed by atoms with Gasteiger partial charge in [-0.15, -0.1) is 11.3 Å². The molecular weight excluding hydrogens is 398 g/mol. The van der Waals surface area contributed by atoms with Gasteiger partial charge in [0.25, 0.3) is 0 Å². The molecule has 0 bridgehead atoms. The van der Waals surface area contributed by atoms with Crippen LogP contribution in [0.25, 0.3) is 0 Å². The maximum Gasteiger partial charge on any atom is 0.226 e. The van der Waals surface area contributed by atoms with Crippen LogP contribution in [0.1, 0.15) is 28.8 Å². The van der Waals surface area contributed by atoms with E-state index >= 15 is 0 Å². The molecule has 0 unspecified atom stereocenters. The molecule has 0 aliphatic heterocycles. The Morgan fingerprint density at radius 3 is 2.36 bits per heavy atom. The molecule has 3 aromatic rings. The second kappa shape index (κ2) is 9.25. The summed E-state index contributed by atoms with van der Waals surface area (Å²) in [5.41, 5.74) is 1.13. The first kappa shape index (κ1) is 19.7. The molecule has 2 aromatic carbocycles. The van der Waals surface area contributed by atoms with E-state index < -0.39 is 0 Å². The number of benzene rings is 2. The van der Waals surface area contributed by atoms with E-state index in [9.17, 15) is 14.4 Å². The number of anilines is 2. The topological polar surface area (TPSA) is 88.2 Å². The third-order valence-electron chi connectivity index (χ3n) is 3.79.